The van der Waals surface area contributed by atoms with Gasteiger partial charge in [0.1, 0.15) is 11.5 Å². The SMILES string of the molecule is COc1cccc(C(=O)c2cccc(OC(C)C)c2)c1N. The Morgan fingerprint density at radius 3 is 2.52 bits per heavy atom. The first-order valence-corrected chi connectivity index (χ1v) is 6.77. The van der Waals surface area contributed by atoms with Gasteiger partial charge in [0, 0.05) is 11.1 Å². The smallest absolute Gasteiger partial charge is 0.195 e. The number of anilines is 1. The number of rotatable bonds is 5. The second-order valence-electron chi connectivity index (χ2n) is 4.95. The third-order valence-corrected chi connectivity index (χ3v) is 3.00. The van der Waals surface area contributed by atoms with Crippen LogP contribution in [0.2, 0.25) is 0 Å². The van der Waals surface area contributed by atoms with E-state index < -0.39 is 0 Å². The third kappa shape index (κ3) is 3.34. The van der Waals surface area contributed by atoms with Crippen molar-refractivity contribution in [2.24, 2.45) is 0 Å². The summed E-state index contributed by atoms with van der Waals surface area (Å²) in [5, 5.41) is 0. The van der Waals surface area contributed by atoms with Crippen molar-refractivity contribution < 1.29 is 14.3 Å². The molecule has 0 amide bonds. The van der Waals surface area contributed by atoms with E-state index in [4.69, 9.17) is 15.2 Å². The number of ketones is 1. The van der Waals surface area contributed by atoms with Gasteiger partial charge in [-0.3, -0.25) is 4.79 Å². The minimum Gasteiger partial charge on any atom is -0.495 e. The van der Waals surface area contributed by atoms with E-state index in [0.29, 0.717) is 28.3 Å². The maximum absolute atomic E-state index is 12.6. The fraction of sp³-hybridized carbons (Fsp3) is 0.235. The van der Waals surface area contributed by atoms with Crippen molar-refractivity contribution in [1.29, 1.82) is 0 Å². The highest BCUT2D eigenvalue weighted by Gasteiger charge is 2.15. The molecule has 0 saturated carbocycles. The minimum absolute atomic E-state index is 0.0530. The van der Waals surface area contributed by atoms with Gasteiger partial charge in [0.25, 0.3) is 0 Å². The Bertz CT molecular complexity index is 650. The van der Waals surface area contributed by atoms with Gasteiger partial charge in [-0.15, -0.1) is 0 Å². The van der Waals surface area contributed by atoms with Crippen molar-refractivity contribution in [1.82, 2.24) is 0 Å². The molecule has 0 atom stereocenters. The molecule has 4 heteroatoms. The zero-order valence-corrected chi connectivity index (χ0v) is 12.4. The van der Waals surface area contributed by atoms with Crippen molar-refractivity contribution >= 4 is 11.5 Å². The number of nitrogen functional groups attached to an aromatic ring is 1. The first-order chi connectivity index (χ1) is 10.0. The van der Waals surface area contributed by atoms with E-state index in [9.17, 15) is 4.79 Å². The van der Waals surface area contributed by atoms with Crippen molar-refractivity contribution in [3.63, 3.8) is 0 Å². The molecule has 2 N–H and O–H groups in total. The average Bonchev–Trinajstić information content (AvgIpc) is 2.46. The molecule has 0 bridgehead atoms. The fourth-order valence-corrected chi connectivity index (χ4v) is 2.06. The highest BCUT2D eigenvalue weighted by molar-refractivity contribution is 6.12. The number of methoxy groups -OCH3 is 1. The van der Waals surface area contributed by atoms with Crippen LogP contribution in [0.5, 0.6) is 11.5 Å². The topological polar surface area (TPSA) is 61.5 Å². The number of nitrogens with two attached hydrogens (primary N) is 1. The average molecular weight is 285 g/mol. The van der Waals surface area contributed by atoms with Crippen molar-refractivity contribution in [2.75, 3.05) is 12.8 Å². The van der Waals surface area contributed by atoms with E-state index in [1.165, 1.54) is 7.11 Å². The van der Waals surface area contributed by atoms with E-state index >= 15 is 0 Å². The number of carbonyl (C=O) groups excluding carboxylic acids is 1. The van der Waals surface area contributed by atoms with E-state index in [-0.39, 0.29) is 11.9 Å². The van der Waals surface area contributed by atoms with Crippen LogP contribution in [0, 0.1) is 0 Å². The molecule has 0 radical (unpaired) electrons. The summed E-state index contributed by atoms with van der Waals surface area (Å²) in [4.78, 5) is 12.6. The Morgan fingerprint density at radius 2 is 1.86 bits per heavy atom. The molecule has 0 spiro atoms. The van der Waals surface area contributed by atoms with Crippen LogP contribution in [-0.4, -0.2) is 19.0 Å². The molecule has 110 valence electrons. The number of para-hydroxylation sites is 1. The maximum Gasteiger partial charge on any atom is 0.195 e. The molecule has 0 aliphatic carbocycles. The molecule has 0 heterocycles. The number of hydrogen-bond acceptors (Lipinski definition) is 4. The van der Waals surface area contributed by atoms with Crippen LogP contribution in [0.4, 0.5) is 5.69 Å². The fourth-order valence-electron chi connectivity index (χ4n) is 2.06. The number of ether oxygens (including phenoxy) is 2. The quantitative estimate of drug-likeness (QED) is 0.676. The van der Waals surface area contributed by atoms with Gasteiger partial charge in [0.2, 0.25) is 0 Å². The summed E-state index contributed by atoms with van der Waals surface area (Å²) in [5.41, 5.74) is 7.28. The number of hydrogen-bond donors (Lipinski definition) is 1. The number of benzene rings is 2. The molecule has 0 aromatic heterocycles. The van der Waals surface area contributed by atoms with Crippen molar-refractivity contribution in [3.05, 3.63) is 53.6 Å². The normalized spacial score (nSPS) is 10.5. The van der Waals surface area contributed by atoms with E-state index in [1.807, 2.05) is 19.9 Å². The Morgan fingerprint density at radius 1 is 1.14 bits per heavy atom. The standard InChI is InChI=1S/C17H19NO3/c1-11(2)21-13-7-4-6-12(10-13)17(19)14-8-5-9-15(20-3)16(14)18/h4-11H,18H2,1-3H3. The predicted octanol–water partition coefficient (Wildman–Crippen LogP) is 3.30. The van der Waals surface area contributed by atoms with Crippen LogP contribution in [0.3, 0.4) is 0 Å². The molecular formula is C17H19NO3. The monoisotopic (exact) mass is 285 g/mol. The van der Waals surface area contributed by atoms with E-state index in [1.54, 1.807) is 36.4 Å². The molecule has 2 aromatic carbocycles. The summed E-state index contributed by atoms with van der Waals surface area (Å²) in [6, 6.07) is 12.3. The van der Waals surface area contributed by atoms with Crippen LogP contribution in [0.25, 0.3) is 0 Å². The Hall–Kier alpha value is -2.49. The lowest BCUT2D eigenvalue weighted by Gasteiger charge is -2.12. The Kier molecular flexibility index (Phi) is 4.48. The van der Waals surface area contributed by atoms with Crippen LogP contribution >= 0.6 is 0 Å². The molecule has 0 saturated heterocycles. The second-order valence-corrected chi connectivity index (χ2v) is 4.95. The molecular weight excluding hydrogens is 266 g/mol. The minimum atomic E-state index is -0.152. The van der Waals surface area contributed by atoms with Gasteiger partial charge in [-0.05, 0) is 38.1 Å². The Labute approximate surface area is 124 Å². The zero-order valence-electron chi connectivity index (χ0n) is 12.4. The molecule has 0 unspecified atom stereocenters. The lowest BCUT2D eigenvalue weighted by Crippen LogP contribution is -2.09. The summed E-state index contributed by atoms with van der Waals surface area (Å²) in [5.74, 6) is 1.01. The highest BCUT2D eigenvalue weighted by Crippen LogP contribution is 2.27. The summed E-state index contributed by atoms with van der Waals surface area (Å²) in [6.07, 6.45) is 0.0530. The third-order valence-electron chi connectivity index (χ3n) is 3.00. The highest BCUT2D eigenvalue weighted by atomic mass is 16.5. The molecule has 21 heavy (non-hydrogen) atoms. The van der Waals surface area contributed by atoms with Gasteiger partial charge in [-0.2, -0.15) is 0 Å². The van der Waals surface area contributed by atoms with Crippen molar-refractivity contribution in [3.8, 4) is 11.5 Å². The summed E-state index contributed by atoms with van der Waals surface area (Å²) < 4.78 is 10.8. The molecule has 0 fully saturated rings. The summed E-state index contributed by atoms with van der Waals surface area (Å²) in [7, 11) is 1.52. The summed E-state index contributed by atoms with van der Waals surface area (Å²) in [6.45, 7) is 3.88. The van der Waals surface area contributed by atoms with Crippen LogP contribution < -0.4 is 15.2 Å². The molecule has 4 nitrogen and oxygen atoms in total. The van der Waals surface area contributed by atoms with Gasteiger partial charge in [0.15, 0.2) is 5.78 Å². The van der Waals surface area contributed by atoms with Gasteiger partial charge in [-0.25, -0.2) is 0 Å². The Balaban J connectivity index is 2.36. The van der Waals surface area contributed by atoms with E-state index in [2.05, 4.69) is 0 Å². The number of carbonyl (C=O) groups is 1. The summed E-state index contributed by atoms with van der Waals surface area (Å²) >= 11 is 0. The van der Waals surface area contributed by atoms with Crippen LogP contribution in [0.1, 0.15) is 29.8 Å². The predicted molar refractivity (Wildman–Crippen MR) is 83.0 cm³/mol. The second kappa shape index (κ2) is 6.31. The zero-order chi connectivity index (χ0) is 15.4. The molecule has 2 rings (SSSR count). The maximum atomic E-state index is 12.6. The largest absolute Gasteiger partial charge is 0.495 e. The lowest BCUT2D eigenvalue weighted by molar-refractivity contribution is 0.103. The van der Waals surface area contributed by atoms with Gasteiger partial charge in [-0.1, -0.05) is 18.2 Å². The van der Waals surface area contributed by atoms with Crippen LogP contribution in [-0.2, 0) is 0 Å². The first kappa shape index (κ1) is 14.9. The molecule has 0 aliphatic rings. The van der Waals surface area contributed by atoms with Crippen molar-refractivity contribution in [2.45, 2.75) is 20.0 Å². The van der Waals surface area contributed by atoms with Gasteiger partial charge in [0.05, 0.1) is 18.9 Å². The molecule has 0 aliphatic heterocycles. The first-order valence-electron chi connectivity index (χ1n) is 6.77. The molecule has 2 aromatic rings. The van der Waals surface area contributed by atoms with Crippen LogP contribution in [0.15, 0.2) is 42.5 Å². The van der Waals surface area contributed by atoms with Gasteiger partial charge < -0.3 is 15.2 Å². The van der Waals surface area contributed by atoms with Gasteiger partial charge >= 0.3 is 0 Å². The lowest BCUT2D eigenvalue weighted by atomic mass is 10.0. The van der Waals surface area contributed by atoms with E-state index in [0.717, 1.165) is 0 Å².